The van der Waals surface area contributed by atoms with Crippen LogP contribution in [0.25, 0.3) is 10.2 Å². The second-order valence-corrected chi connectivity index (χ2v) is 8.24. The Morgan fingerprint density at radius 1 is 1.28 bits per heavy atom. The number of carbonyl (C=O) groups excluding carboxylic acids is 2. The fourth-order valence-electron chi connectivity index (χ4n) is 2.73. The summed E-state index contributed by atoms with van der Waals surface area (Å²) >= 11 is 3.02. The summed E-state index contributed by atoms with van der Waals surface area (Å²) in [6, 6.07) is 13.3. The lowest BCUT2D eigenvalue weighted by molar-refractivity contribution is -0.120. The van der Waals surface area contributed by atoms with Crippen molar-refractivity contribution < 1.29 is 9.59 Å². The first-order valence-corrected chi connectivity index (χ1v) is 9.52. The molecule has 25 heavy (non-hydrogen) atoms. The van der Waals surface area contributed by atoms with Crippen molar-refractivity contribution in [1.29, 1.82) is 0 Å². The third kappa shape index (κ3) is 3.38. The summed E-state index contributed by atoms with van der Waals surface area (Å²) in [4.78, 5) is 30.0. The molecule has 0 saturated carbocycles. The number of amides is 2. The van der Waals surface area contributed by atoms with Crippen molar-refractivity contribution in [2.45, 2.75) is 23.5 Å². The number of hydrogen-bond donors (Lipinski definition) is 2. The lowest BCUT2D eigenvalue weighted by Crippen LogP contribution is -2.32. The van der Waals surface area contributed by atoms with Crippen LogP contribution in [0.4, 0.5) is 11.4 Å². The van der Waals surface area contributed by atoms with E-state index in [1.54, 1.807) is 11.3 Å². The molecule has 7 heteroatoms. The molecular weight excluding hydrogens is 354 g/mol. The Balaban J connectivity index is 1.45. The summed E-state index contributed by atoms with van der Waals surface area (Å²) < 4.78 is 1.04. The normalized spacial score (nSPS) is 16.4. The molecule has 0 bridgehead atoms. The van der Waals surface area contributed by atoms with Crippen molar-refractivity contribution in [1.82, 2.24) is 4.98 Å². The summed E-state index contributed by atoms with van der Waals surface area (Å²) in [5.74, 6) is -0.306. The van der Waals surface area contributed by atoms with E-state index in [4.69, 9.17) is 0 Å². The number of nitrogens with zero attached hydrogens (tertiary/aromatic N) is 1. The van der Waals surface area contributed by atoms with Crippen molar-refractivity contribution in [2.24, 2.45) is 0 Å². The molecule has 2 N–H and O–H groups in total. The van der Waals surface area contributed by atoms with Gasteiger partial charge in [-0.1, -0.05) is 12.1 Å². The summed E-state index contributed by atoms with van der Waals surface area (Å²) in [7, 11) is 0. The number of hydrogen-bond acceptors (Lipinski definition) is 5. The second kappa shape index (κ2) is 6.50. The first kappa shape index (κ1) is 16.1. The Labute approximate surface area is 152 Å². The van der Waals surface area contributed by atoms with Gasteiger partial charge in [0, 0.05) is 17.0 Å². The molecule has 4 rings (SSSR count). The molecule has 1 aliphatic heterocycles. The van der Waals surface area contributed by atoms with Crippen LogP contribution in [0, 0.1) is 6.92 Å². The predicted molar refractivity (Wildman–Crippen MR) is 102 cm³/mol. The SMILES string of the molecule is Cc1nc2ccc(NC(=O)C[C@@H]3Sc4ccccc4NC3=O)cc2s1. The van der Waals surface area contributed by atoms with Gasteiger partial charge in [0.2, 0.25) is 11.8 Å². The number of fused-ring (bicyclic) bond motifs is 2. The van der Waals surface area contributed by atoms with Crippen LogP contribution in [0.15, 0.2) is 47.4 Å². The highest BCUT2D eigenvalue weighted by molar-refractivity contribution is 8.01. The standard InChI is InChI=1S/C18H15N3O2S2/c1-10-19-13-7-6-11(8-15(13)24-10)20-17(22)9-16-18(23)21-12-4-2-3-5-14(12)25-16/h2-8,16H,9H2,1H3,(H,20,22)(H,21,23)/t16-/m0/s1. The minimum absolute atomic E-state index is 0.130. The van der Waals surface area contributed by atoms with Crippen LogP contribution in [0.3, 0.4) is 0 Å². The average molecular weight is 369 g/mol. The smallest absolute Gasteiger partial charge is 0.238 e. The zero-order chi connectivity index (χ0) is 17.4. The molecule has 5 nitrogen and oxygen atoms in total. The van der Waals surface area contributed by atoms with Gasteiger partial charge in [-0.05, 0) is 37.3 Å². The maximum absolute atomic E-state index is 12.4. The van der Waals surface area contributed by atoms with Gasteiger partial charge in [0.1, 0.15) is 0 Å². The van der Waals surface area contributed by atoms with Gasteiger partial charge in [0.25, 0.3) is 0 Å². The van der Waals surface area contributed by atoms with Crippen LogP contribution in [0.2, 0.25) is 0 Å². The fourth-order valence-corrected chi connectivity index (χ4v) is 4.70. The first-order chi connectivity index (χ1) is 12.1. The molecule has 3 aromatic rings. The van der Waals surface area contributed by atoms with Crippen LogP contribution < -0.4 is 10.6 Å². The molecule has 0 spiro atoms. The van der Waals surface area contributed by atoms with Crippen molar-refractivity contribution in [2.75, 3.05) is 10.6 Å². The van der Waals surface area contributed by atoms with Crippen LogP contribution >= 0.6 is 23.1 Å². The average Bonchev–Trinajstić information content (AvgIpc) is 2.95. The number of benzene rings is 2. The molecule has 0 fully saturated rings. The Bertz CT molecular complexity index is 983. The molecule has 0 radical (unpaired) electrons. The van der Waals surface area contributed by atoms with Gasteiger partial charge in [-0.25, -0.2) is 4.98 Å². The van der Waals surface area contributed by atoms with E-state index in [1.807, 2.05) is 49.4 Å². The number of para-hydroxylation sites is 1. The van der Waals surface area contributed by atoms with E-state index in [2.05, 4.69) is 15.6 Å². The maximum Gasteiger partial charge on any atom is 0.238 e. The van der Waals surface area contributed by atoms with E-state index < -0.39 is 5.25 Å². The van der Waals surface area contributed by atoms with Crippen molar-refractivity contribution in [3.63, 3.8) is 0 Å². The first-order valence-electron chi connectivity index (χ1n) is 7.82. The number of rotatable bonds is 3. The third-order valence-corrected chi connectivity index (χ3v) is 6.07. The molecule has 0 aliphatic carbocycles. The number of thiazole rings is 1. The molecule has 1 aliphatic rings. The van der Waals surface area contributed by atoms with E-state index in [9.17, 15) is 9.59 Å². The lowest BCUT2D eigenvalue weighted by atomic mass is 10.2. The zero-order valence-corrected chi connectivity index (χ0v) is 15.0. The number of nitrogens with one attached hydrogen (secondary N) is 2. The van der Waals surface area contributed by atoms with Crippen molar-refractivity contribution in [3.05, 3.63) is 47.5 Å². The Morgan fingerprint density at radius 2 is 2.12 bits per heavy atom. The summed E-state index contributed by atoms with van der Waals surface area (Å²) in [6.45, 7) is 1.96. The van der Waals surface area contributed by atoms with E-state index in [0.29, 0.717) is 0 Å². The van der Waals surface area contributed by atoms with Gasteiger partial charge in [-0.2, -0.15) is 0 Å². The molecule has 2 heterocycles. The minimum atomic E-state index is -0.427. The van der Waals surface area contributed by atoms with Gasteiger partial charge < -0.3 is 10.6 Å². The van der Waals surface area contributed by atoms with E-state index in [-0.39, 0.29) is 18.2 Å². The summed E-state index contributed by atoms with van der Waals surface area (Å²) in [5.41, 5.74) is 2.46. The molecule has 1 aromatic heterocycles. The molecule has 2 aromatic carbocycles. The quantitative estimate of drug-likeness (QED) is 0.731. The monoisotopic (exact) mass is 369 g/mol. The topological polar surface area (TPSA) is 71.1 Å². The number of anilines is 2. The highest BCUT2D eigenvalue weighted by atomic mass is 32.2. The number of aromatic nitrogens is 1. The van der Waals surface area contributed by atoms with E-state index in [0.717, 1.165) is 31.5 Å². The number of aryl methyl sites for hydroxylation is 1. The Kier molecular flexibility index (Phi) is 4.19. The van der Waals surface area contributed by atoms with Crippen LogP contribution in [0.1, 0.15) is 11.4 Å². The molecule has 1 atom stereocenters. The van der Waals surface area contributed by atoms with Crippen LogP contribution in [-0.4, -0.2) is 22.0 Å². The van der Waals surface area contributed by atoms with E-state index in [1.165, 1.54) is 11.8 Å². The van der Waals surface area contributed by atoms with Gasteiger partial charge in [0.15, 0.2) is 0 Å². The second-order valence-electron chi connectivity index (χ2n) is 5.76. The van der Waals surface area contributed by atoms with Crippen LogP contribution in [0.5, 0.6) is 0 Å². The number of thioether (sulfide) groups is 1. The molecule has 0 unspecified atom stereocenters. The van der Waals surface area contributed by atoms with Gasteiger partial charge in [-0.3, -0.25) is 9.59 Å². The molecule has 126 valence electrons. The number of carbonyl (C=O) groups is 2. The molecule has 0 saturated heterocycles. The zero-order valence-electron chi connectivity index (χ0n) is 13.4. The van der Waals surface area contributed by atoms with Gasteiger partial charge in [0.05, 0.1) is 26.2 Å². The lowest BCUT2D eigenvalue weighted by Gasteiger charge is -2.23. The third-order valence-electron chi connectivity index (χ3n) is 3.86. The van der Waals surface area contributed by atoms with E-state index >= 15 is 0 Å². The minimum Gasteiger partial charge on any atom is -0.326 e. The largest absolute Gasteiger partial charge is 0.326 e. The van der Waals surface area contributed by atoms with Crippen molar-refractivity contribution >= 4 is 56.5 Å². The highest BCUT2D eigenvalue weighted by Crippen LogP contribution is 2.36. The summed E-state index contributed by atoms with van der Waals surface area (Å²) in [6.07, 6.45) is 0.130. The Morgan fingerprint density at radius 3 is 3.00 bits per heavy atom. The van der Waals surface area contributed by atoms with Gasteiger partial charge >= 0.3 is 0 Å². The Hall–Kier alpha value is -2.38. The highest BCUT2D eigenvalue weighted by Gasteiger charge is 2.28. The fraction of sp³-hybridized carbons (Fsp3) is 0.167. The molecular formula is C18H15N3O2S2. The summed E-state index contributed by atoms with van der Waals surface area (Å²) in [5, 5.41) is 6.31. The van der Waals surface area contributed by atoms with Crippen molar-refractivity contribution in [3.8, 4) is 0 Å². The maximum atomic E-state index is 12.4. The molecule has 2 amide bonds. The predicted octanol–water partition coefficient (Wildman–Crippen LogP) is 4.05. The van der Waals surface area contributed by atoms with Crippen LogP contribution in [-0.2, 0) is 9.59 Å². The van der Waals surface area contributed by atoms with Gasteiger partial charge in [-0.15, -0.1) is 23.1 Å².